The van der Waals surface area contributed by atoms with Crippen LogP contribution in [0.5, 0.6) is 11.5 Å². The second kappa shape index (κ2) is 5.22. The van der Waals surface area contributed by atoms with Crippen LogP contribution in [0.4, 0.5) is 0 Å². The maximum absolute atomic E-state index is 11.4. The molecule has 6 heteroatoms. The molecule has 0 unspecified atom stereocenters. The molecule has 22 heavy (non-hydrogen) atoms. The Hall–Kier alpha value is -2.76. The number of carbonyl (C=O) groups is 1. The Labute approximate surface area is 126 Å². The van der Waals surface area contributed by atoms with Gasteiger partial charge in [0.2, 0.25) is 0 Å². The Morgan fingerprint density at radius 2 is 1.91 bits per heavy atom. The van der Waals surface area contributed by atoms with Gasteiger partial charge >= 0.3 is 5.97 Å². The SMILES string of the molecule is CCc1c(C(=O)O)ncc2[nH]c3cc(OC)c(OC)cc3c12. The summed E-state index contributed by atoms with van der Waals surface area (Å²) in [6.45, 7) is 1.92. The van der Waals surface area contributed by atoms with Crippen LogP contribution in [0.2, 0.25) is 0 Å². The molecule has 0 atom stereocenters. The van der Waals surface area contributed by atoms with Crippen molar-refractivity contribution in [2.75, 3.05) is 14.2 Å². The van der Waals surface area contributed by atoms with Crippen molar-refractivity contribution in [3.63, 3.8) is 0 Å². The van der Waals surface area contributed by atoms with Gasteiger partial charge in [-0.25, -0.2) is 9.78 Å². The van der Waals surface area contributed by atoms with Gasteiger partial charge in [0.1, 0.15) is 0 Å². The van der Waals surface area contributed by atoms with E-state index in [-0.39, 0.29) is 5.69 Å². The number of aryl methyl sites for hydroxylation is 1. The fraction of sp³-hybridized carbons (Fsp3) is 0.250. The number of pyridine rings is 1. The average Bonchev–Trinajstić information content (AvgIpc) is 2.89. The van der Waals surface area contributed by atoms with Crippen LogP contribution in [-0.2, 0) is 6.42 Å². The highest BCUT2D eigenvalue weighted by molar-refractivity contribution is 6.11. The molecule has 2 N–H and O–H groups in total. The normalized spacial score (nSPS) is 11.0. The number of hydrogen-bond acceptors (Lipinski definition) is 4. The summed E-state index contributed by atoms with van der Waals surface area (Å²) in [5.41, 5.74) is 2.45. The van der Waals surface area contributed by atoms with Crippen molar-refractivity contribution in [2.24, 2.45) is 0 Å². The van der Waals surface area contributed by atoms with Crippen molar-refractivity contribution < 1.29 is 19.4 Å². The van der Waals surface area contributed by atoms with E-state index < -0.39 is 5.97 Å². The van der Waals surface area contributed by atoms with Crippen LogP contribution in [0.3, 0.4) is 0 Å². The van der Waals surface area contributed by atoms with E-state index in [0.717, 1.165) is 21.8 Å². The highest BCUT2D eigenvalue weighted by Crippen LogP contribution is 2.37. The lowest BCUT2D eigenvalue weighted by Gasteiger charge is -2.08. The fourth-order valence-electron chi connectivity index (χ4n) is 2.82. The van der Waals surface area contributed by atoms with Gasteiger partial charge < -0.3 is 19.6 Å². The molecule has 2 heterocycles. The third-order valence-electron chi connectivity index (χ3n) is 3.80. The highest BCUT2D eigenvalue weighted by atomic mass is 16.5. The average molecular weight is 300 g/mol. The first kappa shape index (κ1) is 14.2. The lowest BCUT2D eigenvalue weighted by molar-refractivity contribution is 0.0689. The lowest BCUT2D eigenvalue weighted by atomic mass is 10.0. The number of aromatic nitrogens is 2. The molecule has 2 aromatic heterocycles. The minimum atomic E-state index is -1.02. The molecule has 0 spiro atoms. The number of aromatic carboxylic acids is 1. The Kier molecular flexibility index (Phi) is 3.36. The maximum Gasteiger partial charge on any atom is 0.354 e. The first-order chi connectivity index (χ1) is 10.6. The van der Waals surface area contributed by atoms with Gasteiger partial charge in [-0.05, 0) is 18.1 Å². The molecule has 0 bridgehead atoms. The summed E-state index contributed by atoms with van der Waals surface area (Å²) in [4.78, 5) is 18.7. The molecule has 0 aliphatic rings. The standard InChI is InChI=1S/C16H16N2O4/c1-4-8-14-9-5-12(21-2)13(22-3)6-10(9)18-11(14)7-17-15(8)16(19)20/h5-7,18H,4H2,1-3H3,(H,19,20). The summed E-state index contributed by atoms with van der Waals surface area (Å²) in [6, 6.07) is 3.70. The first-order valence-corrected chi connectivity index (χ1v) is 6.89. The van der Waals surface area contributed by atoms with E-state index in [9.17, 15) is 9.90 Å². The Morgan fingerprint density at radius 3 is 2.50 bits per heavy atom. The van der Waals surface area contributed by atoms with E-state index in [1.54, 1.807) is 20.4 Å². The van der Waals surface area contributed by atoms with E-state index in [0.29, 0.717) is 23.5 Å². The van der Waals surface area contributed by atoms with Crippen LogP contribution in [0.15, 0.2) is 18.3 Å². The van der Waals surface area contributed by atoms with Crippen molar-refractivity contribution in [3.8, 4) is 11.5 Å². The number of H-pyrrole nitrogens is 1. The largest absolute Gasteiger partial charge is 0.493 e. The number of fused-ring (bicyclic) bond motifs is 3. The van der Waals surface area contributed by atoms with E-state index in [4.69, 9.17) is 9.47 Å². The van der Waals surface area contributed by atoms with E-state index in [1.165, 1.54) is 0 Å². The molecule has 3 rings (SSSR count). The number of nitrogens with one attached hydrogen (secondary N) is 1. The molecule has 114 valence electrons. The van der Waals surface area contributed by atoms with Crippen molar-refractivity contribution in [3.05, 3.63) is 29.6 Å². The van der Waals surface area contributed by atoms with Crippen molar-refractivity contribution in [2.45, 2.75) is 13.3 Å². The van der Waals surface area contributed by atoms with Crippen LogP contribution >= 0.6 is 0 Å². The maximum atomic E-state index is 11.4. The Bertz CT molecular complexity index is 883. The number of carboxylic acids is 1. The van der Waals surface area contributed by atoms with Gasteiger partial charge in [-0.2, -0.15) is 0 Å². The molecule has 0 fully saturated rings. The molecule has 0 aliphatic heterocycles. The van der Waals surface area contributed by atoms with Gasteiger partial charge in [-0.1, -0.05) is 6.92 Å². The number of ether oxygens (including phenoxy) is 2. The van der Waals surface area contributed by atoms with E-state index >= 15 is 0 Å². The predicted molar refractivity (Wildman–Crippen MR) is 83.0 cm³/mol. The van der Waals surface area contributed by atoms with Crippen molar-refractivity contribution in [1.82, 2.24) is 9.97 Å². The number of nitrogens with zero attached hydrogens (tertiary/aromatic N) is 1. The lowest BCUT2D eigenvalue weighted by Crippen LogP contribution is -2.05. The number of carboxylic acid groups (broad SMARTS) is 1. The number of hydrogen-bond donors (Lipinski definition) is 2. The second-order valence-corrected chi connectivity index (χ2v) is 4.91. The quantitative estimate of drug-likeness (QED) is 0.773. The summed E-state index contributed by atoms with van der Waals surface area (Å²) < 4.78 is 10.6. The zero-order valence-corrected chi connectivity index (χ0v) is 12.6. The molecule has 0 saturated heterocycles. The van der Waals surface area contributed by atoms with Crippen molar-refractivity contribution in [1.29, 1.82) is 0 Å². The molecule has 0 aliphatic carbocycles. The molecule has 3 aromatic rings. The Morgan fingerprint density at radius 1 is 1.23 bits per heavy atom. The molecular formula is C16H16N2O4. The van der Waals surface area contributed by atoms with Crippen molar-refractivity contribution >= 4 is 27.8 Å². The van der Waals surface area contributed by atoms with Crippen LogP contribution in [-0.4, -0.2) is 35.3 Å². The molecule has 0 saturated carbocycles. The molecular weight excluding hydrogens is 284 g/mol. The third-order valence-corrected chi connectivity index (χ3v) is 3.80. The van der Waals surface area contributed by atoms with Gasteiger partial charge in [0.25, 0.3) is 0 Å². The van der Waals surface area contributed by atoms with Gasteiger partial charge in [-0.3, -0.25) is 0 Å². The topological polar surface area (TPSA) is 84.4 Å². The summed E-state index contributed by atoms with van der Waals surface area (Å²) in [6.07, 6.45) is 2.13. The van der Waals surface area contributed by atoms with Gasteiger partial charge in [0, 0.05) is 16.8 Å². The number of aromatic amines is 1. The predicted octanol–water partition coefficient (Wildman–Crippen LogP) is 2.99. The minimum Gasteiger partial charge on any atom is -0.493 e. The monoisotopic (exact) mass is 300 g/mol. The first-order valence-electron chi connectivity index (χ1n) is 6.89. The number of methoxy groups -OCH3 is 2. The van der Waals surface area contributed by atoms with Crippen LogP contribution in [0.25, 0.3) is 21.8 Å². The zero-order chi connectivity index (χ0) is 15.9. The smallest absolute Gasteiger partial charge is 0.354 e. The third kappa shape index (κ3) is 1.95. The fourth-order valence-corrected chi connectivity index (χ4v) is 2.82. The van der Waals surface area contributed by atoms with E-state index in [1.807, 2.05) is 19.1 Å². The summed E-state index contributed by atoms with van der Waals surface area (Å²) in [5, 5.41) is 11.1. The number of rotatable bonds is 4. The molecule has 0 amide bonds. The Balaban J connectivity index is 2.45. The van der Waals surface area contributed by atoms with Crippen LogP contribution in [0.1, 0.15) is 23.0 Å². The number of benzene rings is 1. The van der Waals surface area contributed by atoms with Crippen LogP contribution in [0, 0.1) is 0 Å². The summed E-state index contributed by atoms with van der Waals surface area (Å²) in [5.74, 6) is 0.200. The molecule has 1 aromatic carbocycles. The summed E-state index contributed by atoms with van der Waals surface area (Å²) in [7, 11) is 3.15. The van der Waals surface area contributed by atoms with Gasteiger partial charge in [0.15, 0.2) is 17.2 Å². The molecule has 0 radical (unpaired) electrons. The minimum absolute atomic E-state index is 0.0886. The van der Waals surface area contributed by atoms with Crippen LogP contribution < -0.4 is 9.47 Å². The second-order valence-electron chi connectivity index (χ2n) is 4.91. The van der Waals surface area contributed by atoms with Gasteiger partial charge in [0.05, 0.1) is 31.4 Å². The summed E-state index contributed by atoms with van der Waals surface area (Å²) >= 11 is 0. The zero-order valence-electron chi connectivity index (χ0n) is 12.6. The molecule has 6 nitrogen and oxygen atoms in total. The van der Waals surface area contributed by atoms with Gasteiger partial charge in [-0.15, -0.1) is 0 Å². The highest BCUT2D eigenvalue weighted by Gasteiger charge is 2.18. The van der Waals surface area contributed by atoms with E-state index in [2.05, 4.69) is 9.97 Å².